The lowest BCUT2D eigenvalue weighted by Gasteiger charge is -2.22. The Bertz CT molecular complexity index is 305. The molecule has 1 fully saturated rings. The van der Waals surface area contributed by atoms with Crippen LogP contribution in [0.15, 0.2) is 4.99 Å². The molecular weight excluding hydrogens is 274 g/mol. The number of nitrogens with one attached hydrogen (secondary N) is 2. The van der Waals surface area contributed by atoms with Crippen molar-refractivity contribution in [3.8, 4) is 0 Å². The maximum absolute atomic E-state index is 4.80. The van der Waals surface area contributed by atoms with Gasteiger partial charge >= 0.3 is 0 Å². The van der Waals surface area contributed by atoms with Crippen molar-refractivity contribution in [1.29, 1.82) is 0 Å². The predicted octanol–water partition coefficient (Wildman–Crippen LogP) is 1.76. The molecule has 1 aliphatic rings. The van der Waals surface area contributed by atoms with Crippen LogP contribution in [0, 0.1) is 0 Å². The lowest BCUT2D eigenvalue weighted by molar-refractivity contribution is 0.272. The lowest BCUT2D eigenvalue weighted by atomic mass is 10.2. The van der Waals surface area contributed by atoms with Crippen LogP contribution in [0.25, 0.3) is 0 Å². The molecule has 0 aromatic carbocycles. The summed E-state index contributed by atoms with van der Waals surface area (Å²) in [6.07, 6.45) is 3.83. The summed E-state index contributed by atoms with van der Waals surface area (Å²) in [5.41, 5.74) is 0. The lowest BCUT2D eigenvalue weighted by Crippen LogP contribution is -2.42. The van der Waals surface area contributed by atoms with E-state index in [0.29, 0.717) is 6.04 Å². The van der Waals surface area contributed by atoms with E-state index in [1.54, 1.807) is 0 Å². The van der Waals surface area contributed by atoms with Crippen LogP contribution in [0.4, 0.5) is 0 Å². The van der Waals surface area contributed by atoms with Gasteiger partial charge in [0.15, 0.2) is 5.96 Å². The summed E-state index contributed by atoms with van der Waals surface area (Å²) in [5.74, 6) is 0.970. The second-order valence-electron chi connectivity index (χ2n) is 6.01. The Morgan fingerprint density at radius 1 is 1.18 bits per heavy atom. The van der Waals surface area contributed by atoms with Crippen molar-refractivity contribution in [3.63, 3.8) is 0 Å². The molecule has 0 radical (unpaired) electrons. The first-order chi connectivity index (χ1) is 10.7. The van der Waals surface area contributed by atoms with Crippen molar-refractivity contribution in [2.45, 2.75) is 53.0 Å². The number of rotatable bonds is 10. The number of hydrogen-bond donors (Lipinski definition) is 2. The zero-order valence-corrected chi connectivity index (χ0v) is 15.2. The Morgan fingerprint density at radius 2 is 2.00 bits per heavy atom. The Hall–Kier alpha value is -0.810. The fourth-order valence-corrected chi connectivity index (χ4v) is 3.13. The van der Waals surface area contributed by atoms with Gasteiger partial charge in [0.25, 0.3) is 0 Å². The summed E-state index contributed by atoms with van der Waals surface area (Å²) in [7, 11) is 0. The van der Waals surface area contributed by atoms with Crippen LogP contribution in [0.3, 0.4) is 0 Å². The minimum absolute atomic E-state index is 0.632. The van der Waals surface area contributed by atoms with Crippen molar-refractivity contribution >= 4 is 5.96 Å². The molecule has 5 heteroatoms. The summed E-state index contributed by atoms with van der Waals surface area (Å²) in [6.45, 7) is 17.4. The van der Waals surface area contributed by atoms with Gasteiger partial charge in [-0.2, -0.15) is 0 Å². The highest BCUT2D eigenvalue weighted by Gasteiger charge is 2.22. The van der Waals surface area contributed by atoms with Gasteiger partial charge in [0.2, 0.25) is 0 Å². The van der Waals surface area contributed by atoms with E-state index in [-0.39, 0.29) is 0 Å². The Kier molecular flexibility index (Phi) is 10.2. The third-order valence-corrected chi connectivity index (χ3v) is 4.42. The summed E-state index contributed by atoms with van der Waals surface area (Å²) in [6, 6.07) is 0.632. The van der Waals surface area contributed by atoms with Gasteiger partial charge in [-0.15, -0.1) is 0 Å². The fourth-order valence-electron chi connectivity index (χ4n) is 3.13. The van der Waals surface area contributed by atoms with Crippen LogP contribution in [0.2, 0.25) is 0 Å². The minimum Gasteiger partial charge on any atom is -0.357 e. The van der Waals surface area contributed by atoms with Crippen LogP contribution in [-0.2, 0) is 0 Å². The highest BCUT2D eigenvalue weighted by Crippen LogP contribution is 2.16. The van der Waals surface area contributed by atoms with Crippen molar-refractivity contribution in [1.82, 2.24) is 20.4 Å². The molecule has 2 N–H and O–H groups in total. The van der Waals surface area contributed by atoms with E-state index >= 15 is 0 Å². The fraction of sp³-hybridized carbons (Fsp3) is 0.941. The van der Waals surface area contributed by atoms with E-state index in [9.17, 15) is 0 Å². The van der Waals surface area contributed by atoms with E-state index in [4.69, 9.17) is 4.99 Å². The summed E-state index contributed by atoms with van der Waals surface area (Å²) in [4.78, 5) is 9.82. The number of guanidine groups is 1. The molecule has 1 rings (SSSR count). The molecule has 1 unspecified atom stereocenters. The first kappa shape index (κ1) is 19.2. The molecule has 0 aromatic heterocycles. The Balaban J connectivity index is 2.38. The Labute approximate surface area is 137 Å². The van der Waals surface area contributed by atoms with Crippen LogP contribution in [-0.4, -0.2) is 74.2 Å². The first-order valence-electron chi connectivity index (χ1n) is 9.23. The van der Waals surface area contributed by atoms with Crippen molar-refractivity contribution < 1.29 is 0 Å². The van der Waals surface area contributed by atoms with Crippen molar-refractivity contribution in [2.75, 3.05) is 52.4 Å². The van der Waals surface area contributed by atoms with Gasteiger partial charge in [-0.05, 0) is 52.4 Å². The zero-order chi connectivity index (χ0) is 16.2. The second-order valence-corrected chi connectivity index (χ2v) is 6.01. The van der Waals surface area contributed by atoms with Crippen LogP contribution < -0.4 is 10.6 Å². The molecule has 22 heavy (non-hydrogen) atoms. The predicted molar refractivity (Wildman–Crippen MR) is 96.7 cm³/mol. The molecule has 5 nitrogen and oxygen atoms in total. The monoisotopic (exact) mass is 311 g/mol. The van der Waals surface area contributed by atoms with Gasteiger partial charge in [-0.25, -0.2) is 0 Å². The molecular formula is C17H37N5. The van der Waals surface area contributed by atoms with E-state index in [2.05, 4.69) is 48.1 Å². The van der Waals surface area contributed by atoms with E-state index in [1.807, 2.05) is 0 Å². The molecule has 0 amide bonds. The van der Waals surface area contributed by atoms with Crippen LogP contribution in [0.5, 0.6) is 0 Å². The molecule has 0 bridgehead atoms. The summed E-state index contributed by atoms with van der Waals surface area (Å²) >= 11 is 0. The van der Waals surface area contributed by atoms with Gasteiger partial charge in [0.1, 0.15) is 0 Å². The van der Waals surface area contributed by atoms with Crippen molar-refractivity contribution in [3.05, 3.63) is 0 Å². The van der Waals surface area contributed by atoms with Gasteiger partial charge < -0.3 is 15.5 Å². The number of likely N-dealkylation sites (N-methyl/N-ethyl adjacent to an activating group) is 2. The third-order valence-electron chi connectivity index (χ3n) is 4.42. The average Bonchev–Trinajstić information content (AvgIpc) is 2.99. The topological polar surface area (TPSA) is 42.9 Å². The van der Waals surface area contributed by atoms with E-state index in [0.717, 1.165) is 45.2 Å². The number of hydrogen-bond acceptors (Lipinski definition) is 3. The van der Waals surface area contributed by atoms with Gasteiger partial charge in [0.05, 0.1) is 6.54 Å². The number of likely N-dealkylation sites (tertiary alicyclic amines) is 1. The number of aliphatic imine (C=N–C) groups is 1. The summed E-state index contributed by atoms with van der Waals surface area (Å²) < 4.78 is 0. The third kappa shape index (κ3) is 6.97. The molecule has 0 saturated carbocycles. The highest BCUT2D eigenvalue weighted by atomic mass is 15.2. The van der Waals surface area contributed by atoms with E-state index < -0.39 is 0 Å². The maximum atomic E-state index is 4.80. The SMILES string of the molecule is CCCN(CC)CCNC(=NCC1CCCN1CC)NCC. The van der Waals surface area contributed by atoms with Crippen molar-refractivity contribution in [2.24, 2.45) is 4.99 Å². The van der Waals surface area contributed by atoms with Gasteiger partial charge in [-0.1, -0.05) is 20.8 Å². The molecule has 130 valence electrons. The zero-order valence-electron chi connectivity index (χ0n) is 15.2. The van der Waals surface area contributed by atoms with Crippen LogP contribution >= 0.6 is 0 Å². The van der Waals surface area contributed by atoms with Crippen LogP contribution in [0.1, 0.15) is 47.0 Å². The van der Waals surface area contributed by atoms with Gasteiger partial charge in [0, 0.05) is 25.7 Å². The highest BCUT2D eigenvalue weighted by molar-refractivity contribution is 5.79. The molecule has 1 heterocycles. The quantitative estimate of drug-likeness (QED) is 0.476. The molecule has 1 saturated heterocycles. The van der Waals surface area contributed by atoms with Gasteiger partial charge in [-0.3, -0.25) is 9.89 Å². The molecule has 0 spiro atoms. The largest absolute Gasteiger partial charge is 0.357 e. The molecule has 0 aliphatic carbocycles. The maximum Gasteiger partial charge on any atom is 0.191 e. The molecule has 1 aliphatic heterocycles. The molecule has 0 aromatic rings. The number of nitrogens with zero attached hydrogens (tertiary/aromatic N) is 3. The minimum atomic E-state index is 0.632. The normalized spacial score (nSPS) is 19.9. The average molecular weight is 312 g/mol. The standard InChI is InChI=1S/C17H37N5/c1-5-12-21(7-3)14-11-19-17(18-6-2)20-15-16-10-9-13-22(16)8-4/h16H,5-15H2,1-4H3,(H2,18,19,20). The first-order valence-corrected chi connectivity index (χ1v) is 9.23. The summed E-state index contributed by atoms with van der Waals surface area (Å²) in [5, 5.41) is 6.84. The second kappa shape index (κ2) is 11.7. The Morgan fingerprint density at radius 3 is 2.64 bits per heavy atom. The molecule has 1 atom stereocenters. The smallest absolute Gasteiger partial charge is 0.191 e. The van der Waals surface area contributed by atoms with E-state index in [1.165, 1.54) is 32.4 Å².